The van der Waals surface area contributed by atoms with Gasteiger partial charge < -0.3 is 9.30 Å². The molecule has 1 aromatic heterocycles. The fraction of sp³-hybridized carbons (Fsp3) is 0.833. The molecule has 0 saturated carbocycles. The van der Waals surface area contributed by atoms with Gasteiger partial charge in [0.25, 0.3) is 0 Å². The molecule has 1 fully saturated rings. The highest BCUT2D eigenvalue weighted by atomic mass is 16.5. The summed E-state index contributed by atoms with van der Waals surface area (Å²) in [6, 6.07) is 0. The second kappa shape index (κ2) is 4.74. The van der Waals surface area contributed by atoms with Gasteiger partial charge in [0.05, 0.1) is 12.6 Å². The van der Waals surface area contributed by atoms with E-state index >= 15 is 0 Å². The Balaban J connectivity index is 1.60. The average Bonchev–Trinajstić information content (AvgIpc) is 2.72. The fourth-order valence-electron chi connectivity index (χ4n) is 2.75. The summed E-state index contributed by atoms with van der Waals surface area (Å²) in [5.74, 6) is 2.14. The van der Waals surface area contributed by atoms with Crippen molar-refractivity contribution >= 4 is 0 Å². The summed E-state index contributed by atoms with van der Waals surface area (Å²) in [4.78, 5) is 2.44. The lowest BCUT2D eigenvalue weighted by atomic mass is 10.1. The van der Waals surface area contributed by atoms with E-state index in [0.717, 1.165) is 44.4 Å². The molecule has 2 aliphatic rings. The van der Waals surface area contributed by atoms with Gasteiger partial charge in [-0.1, -0.05) is 0 Å². The quantitative estimate of drug-likeness (QED) is 0.767. The van der Waals surface area contributed by atoms with Gasteiger partial charge in [0.1, 0.15) is 11.6 Å². The number of aromatic nitrogens is 3. The molecule has 0 aromatic carbocycles. The van der Waals surface area contributed by atoms with Gasteiger partial charge in [-0.3, -0.25) is 4.90 Å². The molecule has 1 saturated heterocycles. The number of ether oxygens (including phenoxy) is 1. The minimum Gasteiger partial charge on any atom is -0.377 e. The van der Waals surface area contributed by atoms with Crippen LogP contribution in [0.2, 0.25) is 0 Å². The lowest BCUT2D eigenvalue weighted by Gasteiger charge is -2.32. The molecule has 0 spiro atoms. The lowest BCUT2D eigenvalue weighted by Crippen LogP contribution is -2.40. The third-order valence-electron chi connectivity index (χ3n) is 3.75. The van der Waals surface area contributed by atoms with E-state index < -0.39 is 0 Å². The third-order valence-corrected chi connectivity index (χ3v) is 3.75. The van der Waals surface area contributed by atoms with E-state index in [2.05, 4.69) is 19.7 Å². The van der Waals surface area contributed by atoms with Gasteiger partial charge in [-0.15, -0.1) is 10.2 Å². The van der Waals surface area contributed by atoms with Gasteiger partial charge in [-0.2, -0.15) is 0 Å². The number of nitrogens with zero attached hydrogens (tertiary/aromatic N) is 4. The predicted octanol–water partition coefficient (Wildman–Crippen LogP) is 0.971. The van der Waals surface area contributed by atoms with Gasteiger partial charge >= 0.3 is 0 Å². The monoisotopic (exact) mass is 236 g/mol. The van der Waals surface area contributed by atoms with Crippen LogP contribution in [0.3, 0.4) is 0 Å². The van der Waals surface area contributed by atoms with Crippen molar-refractivity contribution in [2.24, 2.45) is 0 Å². The highest BCUT2D eigenvalue weighted by Crippen LogP contribution is 2.17. The number of hydrogen-bond donors (Lipinski definition) is 0. The highest BCUT2D eigenvalue weighted by molar-refractivity contribution is 4.97. The van der Waals surface area contributed by atoms with Gasteiger partial charge in [0.15, 0.2) is 0 Å². The molecule has 1 unspecified atom stereocenters. The van der Waals surface area contributed by atoms with E-state index in [4.69, 9.17) is 4.74 Å². The van der Waals surface area contributed by atoms with Crippen LogP contribution in [0, 0.1) is 6.92 Å². The van der Waals surface area contributed by atoms with Crippen molar-refractivity contribution in [3.8, 4) is 0 Å². The second-order valence-electron chi connectivity index (χ2n) is 5.04. The number of fused-ring (bicyclic) bond motifs is 1. The smallest absolute Gasteiger partial charge is 0.147 e. The van der Waals surface area contributed by atoms with Crippen LogP contribution >= 0.6 is 0 Å². The molecule has 0 aliphatic carbocycles. The zero-order valence-corrected chi connectivity index (χ0v) is 10.4. The molecule has 5 nitrogen and oxygen atoms in total. The van der Waals surface area contributed by atoms with E-state index in [1.54, 1.807) is 0 Å². The highest BCUT2D eigenvalue weighted by Gasteiger charge is 2.23. The molecule has 2 aliphatic heterocycles. The largest absolute Gasteiger partial charge is 0.377 e. The molecular weight excluding hydrogens is 216 g/mol. The number of aryl methyl sites for hydroxylation is 1. The molecule has 1 aromatic rings. The SMILES string of the molecule is Cc1nnc2n1CCN(CC1CCCCO1)C2. The molecule has 3 heterocycles. The van der Waals surface area contributed by atoms with E-state index in [0.29, 0.717) is 6.10 Å². The lowest BCUT2D eigenvalue weighted by molar-refractivity contribution is -0.0105. The van der Waals surface area contributed by atoms with Gasteiger partial charge in [-0.05, 0) is 26.2 Å². The maximum atomic E-state index is 5.79. The normalized spacial score (nSPS) is 25.8. The summed E-state index contributed by atoms with van der Waals surface area (Å²) in [5.41, 5.74) is 0. The molecular formula is C12H20N4O. The minimum atomic E-state index is 0.430. The standard InChI is InChI=1S/C12H20N4O/c1-10-13-14-12-9-15(5-6-16(10)12)8-11-4-2-3-7-17-11/h11H,2-9H2,1H3. The van der Waals surface area contributed by atoms with Crippen LogP contribution in [0.25, 0.3) is 0 Å². The fourth-order valence-corrected chi connectivity index (χ4v) is 2.75. The van der Waals surface area contributed by atoms with Gasteiger partial charge in [0.2, 0.25) is 0 Å². The van der Waals surface area contributed by atoms with Crippen LogP contribution in [0.1, 0.15) is 30.9 Å². The predicted molar refractivity (Wildman–Crippen MR) is 63.6 cm³/mol. The zero-order valence-electron chi connectivity index (χ0n) is 10.4. The summed E-state index contributed by atoms with van der Waals surface area (Å²) in [6.45, 7) is 7.03. The first-order chi connectivity index (χ1) is 8.33. The zero-order chi connectivity index (χ0) is 11.7. The second-order valence-corrected chi connectivity index (χ2v) is 5.04. The van der Waals surface area contributed by atoms with Crippen molar-refractivity contribution in [2.75, 3.05) is 19.7 Å². The molecule has 5 heteroatoms. The molecule has 17 heavy (non-hydrogen) atoms. The molecule has 1 atom stereocenters. The summed E-state index contributed by atoms with van der Waals surface area (Å²) < 4.78 is 8.01. The Bertz CT molecular complexity index is 384. The molecule has 0 N–H and O–H groups in total. The average molecular weight is 236 g/mol. The summed E-state index contributed by atoms with van der Waals surface area (Å²) >= 11 is 0. The summed E-state index contributed by atoms with van der Waals surface area (Å²) in [5, 5.41) is 8.36. The Morgan fingerprint density at radius 1 is 1.29 bits per heavy atom. The Morgan fingerprint density at radius 3 is 3.06 bits per heavy atom. The molecule has 3 rings (SSSR count). The van der Waals surface area contributed by atoms with Crippen LogP contribution in [-0.4, -0.2) is 45.5 Å². The first-order valence-corrected chi connectivity index (χ1v) is 6.55. The van der Waals surface area contributed by atoms with Crippen molar-refractivity contribution in [1.82, 2.24) is 19.7 Å². The van der Waals surface area contributed by atoms with Crippen molar-refractivity contribution in [1.29, 1.82) is 0 Å². The Morgan fingerprint density at radius 2 is 2.24 bits per heavy atom. The van der Waals surface area contributed by atoms with E-state index in [-0.39, 0.29) is 0 Å². The maximum absolute atomic E-state index is 5.79. The maximum Gasteiger partial charge on any atom is 0.147 e. The van der Waals surface area contributed by atoms with E-state index in [9.17, 15) is 0 Å². The van der Waals surface area contributed by atoms with Crippen LogP contribution in [0.4, 0.5) is 0 Å². The molecule has 94 valence electrons. The first-order valence-electron chi connectivity index (χ1n) is 6.55. The van der Waals surface area contributed by atoms with Crippen LogP contribution in [0.5, 0.6) is 0 Å². The Hall–Kier alpha value is -0.940. The summed E-state index contributed by atoms with van der Waals surface area (Å²) in [7, 11) is 0. The van der Waals surface area contributed by atoms with Crippen molar-refractivity contribution in [3.63, 3.8) is 0 Å². The Kier molecular flexibility index (Phi) is 3.11. The third kappa shape index (κ3) is 2.35. The van der Waals surface area contributed by atoms with Gasteiger partial charge in [-0.25, -0.2) is 0 Å². The molecule has 0 amide bonds. The van der Waals surface area contributed by atoms with E-state index in [1.165, 1.54) is 19.3 Å². The van der Waals surface area contributed by atoms with Gasteiger partial charge in [0, 0.05) is 26.2 Å². The summed E-state index contributed by atoms with van der Waals surface area (Å²) in [6.07, 6.45) is 4.18. The van der Waals surface area contributed by atoms with E-state index in [1.807, 2.05) is 6.92 Å². The van der Waals surface area contributed by atoms with Crippen molar-refractivity contribution in [2.45, 2.75) is 45.4 Å². The molecule has 0 radical (unpaired) electrons. The van der Waals surface area contributed by atoms with Crippen LogP contribution < -0.4 is 0 Å². The van der Waals surface area contributed by atoms with Crippen LogP contribution in [0.15, 0.2) is 0 Å². The van der Waals surface area contributed by atoms with Crippen molar-refractivity contribution in [3.05, 3.63) is 11.6 Å². The number of rotatable bonds is 2. The Labute approximate surface area is 102 Å². The first kappa shape index (κ1) is 11.2. The number of hydrogen-bond acceptors (Lipinski definition) is 4. The topological polar surface area (TPSA) is 43.2 Å². The molecule has 0 bridgehead atoms. The van der Waals surface area contributed by atoms with Crippen molar-refractivity contribution < 1.29 is 4.74 Å². The minimum absolute atomic E-state index is 0.430. The van der Waals surface area contributed by atoms with Crippen LogP contribution in [-0.2, 0) is 17.8 Å².